The quantitative estimate of drug-likeness (QED) is 0.917. The molecule has 0 aromatic heterocycles. The molecular formula is C17H19FN2O. The normalized spacial score (nSPS) is 12.0. The molecule has 0 aliphatic heterocycles. The number of hydrogen-bond acceptors (Lipinski definition) is 2. The van der Waals surface area contributed by atoms with E-state index in [2.05, 4.69) is 0 Å². The molecule has 0 radical (unpaired) electrons. The summed E-state index contributed by atoms with van der Waals surface area (Å²) in [5.74, 6) is -0.385. The largest absolute Gasteiger partial charge is 0.324 e. The van der Waals surface area contributed by atoms with E-state index < -0.39 is 0 Å². The second-order valence-corrected chi connectivity index (χ2v) is 4.84. The van der Waals surface area contributed by atoms with Crippen LogP contribution < -0.4 is 10.6 Å². The van der Waals surface area contributed by atoms with Crippen LogP contribution in [-0.2, 0) is 4.79 Å². The van der Waals surface area contributed by atoms with Gasteiger partial charge in [0.05, 0.1) is 0 Å². The molecule has 110 valence electrons. The van der Waals surface area contributed by atoms with Crippen LogP contribution in [0.5, 0.6) is 0 Å². The molecule has 0 spiro atoms. The zero-order chi connectivity index (χ0) is 15.2. The molecule has 0 bridgehead atoms. The van der Waals surface area contributed by atoms with Gasteiger partial charge >= 0.3 is 0 Å². The van der Waals surface area contributed by atoms with Gasteiger partial charge in [0, 0.05) is 24.7 Å². The zero-order valence-corrected chi connectivity index (χ0v) is 12.0. The highest BCUT2D eigenvalue weighted by Crippen LogP contribution is 2.19. The van der Waals surface area contributed by atoms with Crippen molar-refractivity contribution in [1.29, 1.82) is 0 Å². The summed E-state index contributed by atoms with van der Waals surface area (Å²) < 4.78 is 13.0. The van der Waals surface area contributed by atoms with Crippen molar-refractivity contribution in [3.63, 3.8) is 0 Å². The first-order valence-corrected chi connectivity index (χ1v) is 6.98. The third kappa shape index (κ3) is 3.89. The standard InChI is InChI=1S/C17H19FN2O/c1-2-20(15-10-8-14(18)9-11-15)17(21)12-16(19)13-6-4-3-5-7-13/h3-11,16H,2,12,19H2,1H3/t16-/m1/s1. The Kier molecular flexibility index (Phi) is 5.06. The van der Waals surface area contributed by atoms with E-state index in [-0.39, 0.29) is 24.2 Å². The summed E-state index contributed by atoms with van der Waals surface area (Å²) in [4.78, 5) is 14.0. The average Bonchev–Trinajstić information content (AvgIpc) is 2.50. The molecule has 2 N–H and O–H groups in total. The van der Waals surface area contributed by atoms with E-state index in [1.807, 2.05) is 37.3 Å². The highest BCUT2D eigenvalue weighted by atomic mass is 19.1. The minimum Gasteiger partial charge on any atom is -0.324 e. The molecule has 4 heteroatoms. The Morgan fingerprint density at radius 1 is 1.14 bits per heavy atom. The van der Waals surface area contributed by atoms with E-state index >= 15 is 0 Å². The summed E-state index contributed by atoms with van der Waals surface area (Å²) in [6.45, 7) is 2.40. The molecule has 0 fully saturated rings. The Balaban J connectivity index is 2.08. The number of anilines is 1. The lowest BCUT2D eigenvalue weighted by molar-refractivity contribution is -0.118. The average molecular weight is 286 g/mol. The first-order valence-electron chi connectivity index (χ1n) is 6.98. The van der Waals surface area contributed by atoms with Crippen molar-refractivity contribution >= 4 is 11.6 Å². The van der Waals surface area contributed by atoms with Gasteiger partial charge in [-0.2, -0.15) is 0 Å². The summed E-state index contributed by atoms with van der Waals surface area (Å²) in [7, 11) is 0. The van der Waals surface area contributed by atoms with Gasteiger partial charge in [0.1, 0.15) is 5.82 Å². The maximum atomic E-state index is 13.0. The molecule has 0 unspecified atom stereocenters. The monoisotopic (exact) mass is 286 g/mol. The zero-order valence-electron chi connectivity index (χ0n) is 12.0. The lowest BCUT2D eigenvalue weighted by Crippen LogP contribution is -2.33. The molecule has 1 atom stereocenters. The molecular weight excluding hydrogens is 267 g/mol. The van der Waals surface area contributed by atoms with Gasteiger partial charge in [0.15, 0.2) is 0 Å². The van der Waals surface area contributed by atoms with Crippen LogP contribution in [0.1, 0.15) is 24.9 Å². The number of carbonyl (C=O) groups is 1. The maximum Gasteiger partial charge on any atom is 0.228 e. The third-order valence-electron chi connectivity index (χ3n) is 3.38. The van der Waals surface area contributed by atoms with Crippen LogP contribution in [0.3, 0.4) is 0 Å². The Morgan fingerprint density at radius 3 is 2.33 bits per heavy atom. The fourth-order valence-corrected chi connectivity index (χ4v) is 2.24. The van der Waals surface area contributed by atoms with Crippen molar-refractivity contribution < 1.29 is 9.18 Å². The van der Waals surface area contributed by atoms with Crippen LogP contribution in [0.2, 0.25) is 0 Å². The second kappa shape index (κ2) is 6.99. The molecule has 21 heavy (non-hydrogen) atoms. The van der Waals surface area contributed by atoms with E-state index in [0.717, 1.165) is 5.56 Å². The molecule has 1 amide bonds. The van der Waals surface area contributed by atoms with Gasteiger partial charge in [-0.05, 0) is 36.8 Å². The molecule has 0 saturated heterocycles. The molecule has 0 heterocycles. The first-order chi connectivity index (χ1) is 10.1. The van der Waals surface area contributed by atoms with Crippen LogP contribution in [-0.4, -0.2) is 12.5 Å². The minimum atomic E-state index is -0.340. The van der Waals surface area contributed by atoms with Crippen molar-refractivity contribution in [2.75, 3.05) is 11.4 Å². The molecule has 0 saturated carbocycles. The predicted octanol–water partition coefficient (Wildman–Crippen LogP) is 3.27. The molecule has 2 aromatic carbocycles. The number of amides is 1. The Labute approximate surface area is 124 Å². The predicted molar refractivity (Wildman–Crippen MR) is 82.4 cm³/mol. The van der Waals surface area contributed by atoms with Gasteiger partial charge < -0.3 is 10.6 Å². The Hall–Kier alpha value is -2.20. The second-order valence-electron chi connectivity index (χ2n) is 4.84. The van der Waals surface area contributed by atoms with Crippen molar-refractivity contribution in [3.05, 3.63) is 66.0 Å². The van der Waals surface area contributed by atoms with Crippen LogP contribution in [0, 0.1) is 5.82 Å². The Bertz CT molecular complexity index is 583. The smallest absolute Gasteiger partial charge is 0.228 e. The number of hydrogen-bond donors (Lipinski definition) is 1. The summed E-state index contributed by atoms with van der Waals surface area (Å²) in [5, 5.41) is 0. The Morgan fingerprint density at radius 2 is 1.76 bits per heavy atom. The van der Waals surface area contributed by atoms with E-state index in [0.29, 0.717) is 12.2 Å². The summed E-state index contributed by atoms with van der Waals surface area (Å²) >= 11 is 0. The lowest BCUT2D eigenvalue weighted by Gasteiger charge is -2.23. The molecule has 2 aromatic rings. The summed E-state index contributed by atoms with van der Waals surface area (Å²) in [6, 6.07) is 15.1. The van der Waals surface area contributed by atoms with Crippen LogP contribution in [0.4, 0.5) is 10.1 Å². The first kappa shape index (κ1) is 15.2. The van der Waals surface area contributed by atoms with Crippen LogP contribution in [0.25, 0.3) is 0 Å². The van der Waals surface area contributed by atoms with Crippen molar-refractivity contribution in [2.24, 2.45) is 5.73 Å². The summed E-state index contributed by atoms with van der Waals surface area (Å²) in [5.41, 5.74) is 7.70. The number of nitrogens with zero attached hydrogens (tertiary/aromatic N) is 1. The van der Waals surface area contributed by atoms with Crippen LogP contribution in [0.15, 0.2) is 54.6 Å². The number of carbonyl (C=O) groups excluding carboxylic acids is 1. The molecule has 0 aliphatic rings. The van der Waals surface area contributed by atoms with E-state index in [4.69, 9.17) is 5.73 Å². The maximum absolute atomic E-state index is 13.0. The SMILES string of the molecule is CCN(C(=O)C[C@@H](N)c1ccccc1)c1ccc(F)cc1. The number of benzene rings is 2. The minimum absolute atomic E-state index is 0.0690. The van der Waals surface area contributed by atoms with Crippen LogP contribution >= 0.6 is 0 Å². The van der Waals surface area contributed by atoms with Crippen molar-refractivity contribution in [3.8, 4) is 0 Å². The highest BCUT2D eigenvalue weighted by molar-refractivity contribution is 5.93. The third-order valence-corrected chi connectivity index (χ3v) is 3.38. The van der Waals surface area contributed by atoms with Gasteiger partial charge in [-0.25, -0.2) is 4.39 Å². The molecule has 3 nitrogen and oxygen atoms in total. The van der Waals surface area contributed by atoms with Gasteiger partial charge in [-0.3, -0.25) is 4.79 Å². The summed E-state index contributed by atoms with van der Waals surface area (Å²) in [6.07, 6.45) is 0.217. The van der Waals surface area contributed by atoms with E-state index in [1.54, 1.807) is 17.0 Å². The molecule has 0 aliphatic carbocycles. The van der Waals surface area contributed by atoms with E-state index in [9.17, 15) is 9.18 Å². The van der Waals surface area contributed by atoms with Crippen molar-refractivity contribution in [1.82, 2.24) is 0 Å². The van der Waals surface area contributed by atoms with Gasteiger partial charge in [0.2, 0.25) is 5.91 Å². The lowest BCUT2D eigenvalue weighted by atomic mass is 10.0. The molecule has 2 rings (SSSR count). The fourth-order valence-electron chi connectivity index (χ4n) is 2.24. The number of halogens is 1. The topological polar surface area (TPSA) is 46.3 Å². The van der Waals surface area contributed by atoms with E-state index in [1.165, 1.54) is 12.1 Å². The highest BCUT2D eigenvalue weighted by Gasteiger charge is 2.18. The van der Waals surface area contributed by atoms with Crippen molar-refractivity contribution in [2.45, 2.75) is 19.4 Å². The number of rotatable bonds is 5. The number of nitrogens with two attached hydrogens (primary N) is 1. The van der Waals surface area contributed by atoms with Gasteiger partial charge in [0.25, 0.3) is 0 Å². The fraction of sp³-hybridized carbons (Fsp3) is 0.235. The van der Waals surface area contributed by atoms with Gasteiger partial charge in [-0.1, -0.05) is 30.3 Å². The van der Waals surface area contributed by atoms with Gasteiger partial charge in [-0.15, -0.1) is 0 Å².